The first-order valence-electron chi connectivity index (χ1n) is 6.80. The number of fused-ring (bicyclic) bond motifs is 3. The second-order valence-corrected chi connectivity index (χ2v) is 5.01. The second-order valence-electron chi connectivity index (χ2n) is 5.01. The van der Waals surface area contributed by atoms with Gasteiger partial charge < -0.3 is 0 Å². The Morgan fingerprint density at radius 1 is 0.600 bits per heavy atom. The fourth-order valence-corrected chi connectivity index (χ4v) is 2.73. The van der Waals surface area contributed by atoms with Crippen molar-refractivity contribution in [1.29, 1.82) is 0 Å². The average molecular weight is 253 g/mol. The molecule has 0 saturated carbocycles. The zero-order valence-electron chi connectivity index (χ0n) is 11.0. The van der Waals surface area contributed by atoms with Crippen LogP contribution in [-0.2, 0) is 0 Å². The van der Waals surface area contributed by atoms with Crippen LogP contribution in [0, 0.1) is 6.07 Å². The molecular formula is C20H13. The Balaban J connectivity index is 1.99. The smallest absolute Gasteiger partial charge is 0.00262 e. The summed E-state index contributed by atoms with van der Waals surface area (Å²) in [6.45, 7) is 0. The minimum absolute atomic E-state index is 1.20. The lowest BCUT2D eigenvalue weighted by Gasteiger charge is -2.06. The Morgan fingerprint density at radius 3 is 2.25 bits per heavy atom. The maximum atomic E-state index is 3.46. The van der Waals surface area contributed by atoms with Gasteiger partial charge in [0.15, 0.2) is 0 Å². The van der Waals surface area contributed by atoms with Crippen molar-refractivity contribution in [2.45, 2.75) is 0 Å². The molecule has 0 saturated heterocycles. The summed E-state index contributed by atoms with van der Waals surface area (Å²) >= 11 is 0. The largest absolute Gasteiger partial charge is 0.0622 e. The lowest BCUT2D eigenvalue weighted by atomic mass is 9.97. The lowest BCUT2D eigenvalue weighted by Crippen LogP contribution is -1.81. The van der Waals surface area contributed by atoms with Crippen molar-refractivity contribution in [2.75, 3.05) is 0 Å². The molecule has 4 aromatic rings. The molecule has 0 aromatic heterocycles. The van der Waals surface area contributed by atoms with Crippen LogP contribution in [0.3, 0.4) is 0 Å². The first-order chi connectivity index (χ1) is 9.92. The van der Waals surface area contributed by atoms with Crippen LogP contribution in [-0.4, -0.2) is 0 Å². The third-order valence-electron chi connectivity index (χ3n) is 3.75. The number of hydrogen-bond donors (Lipinski definition) is 0. The van der Waals surface area contributed by atoms with Gasteiger partial charge in [0.2, 0.25) is 0 Å². The predicted molar refractivity (Wildman–Crippen MR) is 85.7 cm³/mol. The quantitative estimate of drug-likeness (QED) is 0.395. The summed E-state index contributed by atoms with van der Waals surface area (Å²) in [4.78, 5) is 0. The minimum atomic E-state index is 1.20. The molecule has 0 heteroatoms. The predicted octanol–water partition coefficient (Wildman–Crippen LogP) is 5.46. The van der Waals surface area contributed by atoms with E-state index in [0.29, 0.717) is 0 Å². The van der Waals surface area contributed by atoms with Gasteiger partial charge in [-0.05, 0) is 50.9 Å². The Morgan fingerprint density at radius 2 is 1.35 bits per heavy atom. The van der Waals surface area contributed by atoms with E-state index in [1.165, 1.54) is 32.7 Å². The summed E-state index contributed by atoms with van der Waals surface area (Å²) in [6, 6.07) is 31.1. The summed E-state index contributed by atoms with van der Waals surface area (Å²) in [5.74, 6) is 0. The maximum Gasteiger partial charge on any atom is -0.00262 e. The van der Waals surface area contributed by atoms with Crippen LogP contribution in [0.25, 0.3) is 32.7 Å². The summed E-state index contributed by atoms with van der Waals surface area (Å²) in [6.07, 6.45) is 0. The van der Waals surface area contributed by atoms with Crippen LogP contribution >= 0.6 is 0 Å². The zero-order chi connectivity index (χ0) is 13.4. The first kappa shape index (κ1) is 11.2. The third kappa shape index (κ3) is 1.78. The van der Waals surface area contributed by atoms with Gasteiger partial charge in [-0.3, -0.25) is 0 Å². The van der Waals surface area contributed by atoms with Crippen molar-refractivity contribution in [3.63, 3.8) is 0 Å². The fourth-order valence-electron chi connectivity index (χ4n) is 2.73. The van der Waals surface area contributed by atoms with E-state index in [9.17, 15) is 0 Å². The fraction of sp³-hybridized carbons (Fsp3) is 0. The Hall–Kier alpha value is -2.60. The van der Waals surface area contributed by atoms with E-state index in [1.807, 2.05) is 6.07 Å². The van der Waals surface area contributed by atoms with Crippen LogP contribution < -0.4 is 0 Å². The molecule has 4 aromatic carbocycles. The molecule has 1 radical (unpaired) electrons. The Labute approximate surface area is 118 Å². The molecule has 0 atom stereocenters. The molecule has 0 spiro atoms. The van der Waals surface area contributed by atoms with Gasteiger partial charge >= 0.3 is 0 Å². The third-order valence-corrected chi connectivity index (χ3v) is 3.75. The van der Waals surface area contributed by atoms with E-state index in [4.69, 9.17) is 0 Å². The first-order valence-corrected chi connectivity index (χ1v) is 6.80. The molecule has 0 nitrogen and oxygen atoms in total. The number of benzene rings is 4. The van der Waals surface area contributed by atoms with Crippen molar-refractivity contribution in [2.24, 2.45) is 0 Å². The van der Waals surface area contributed by atoms with Crippen molar-refractivity contribution in [3.05, 3.63) is 84.9 Å². The van der Waals surface area contributed by atoms with E-state index < -0.39 is 0 Å². The van der Waals surface area contributed by atoms with Crippen molar-refractivity contribution in [3.8, 4) is 11.1 Å². The zero-order valence-corrected chi connectivity index (χ0v) is 11.0. The van der Waals surface area contributed by atoms with Crippen molar-refractivity contribution in [1.82, 2.24) is 0 Å². The summed E-state index contributed by atoms with van der Waals surface area (Å²) < 4.78 is 0. The van der Waals surface area contributed by atoms with E-state index in [1.54, 1.807) is 0 Å². The molecule has 0 aliphatic rings. The highest BCUT2D eigenvalue weighted by molar-refractivity contribution is 6.08. The summed E-state index contributed by atoms with van der Waals surface area (Å²) in [7, 11) is 0. The average Bonchev–Trinajstić information content (AvgIpc) is 2.55. The highest BCUT2D eigenvalue weighted by Crippen LogP contribution is 2.29. The molecule has 0 aliphatic carbocycles. The highest BCUT2D eigenvalue weighted by Gasteiger charge is 2.03. The van der Waals surface area contributed by atoms with E-state index in [2.05, 4.69) is 78.9 Å². The molecule has 4 rings (SSSR count). The topological polar surface area (TPSA) is 0 Å². The van der Waals surface area contributed by atoms with Crippen LogP contribution in [0.15, 0.2) is 78.9 Å². The van der Waals surface area contributed by atoms with Crippen LogP contribution in [0.1, 0.15) is 0 Å². The molecule has 0 fully saturated rings. The van der Waals surface area contributed by atoms with Gasteiger partial charge in [0.1, 0.15) is 0 Å². The number of rotatable bonds is 1. The summed E-state index contributed by atoms with van der Waals surface area (Å²) in [5, 5.41) is 4.97. The highest BCUT2D eigenvalue weighted by atomic mass is 14.1. The van der Waals surface area contributed by atoms with Crippen molar-refractivity contribution < 1.29 is 0 Å². The SMILES string of the molecule is [c]1cc(-c2ccccc2)cc2ccc3ccccc3c12. The normalized spacial score (nSPS) is 11.0. The molecule has 20 heavy (non-hydrogen) atoms. The number of hydrogen-bond acceptors (Lipinski definition) is 0. The van der Waals surface area contributed by atoms with E-state index in [0.717, 1.165) is 0 Å². The van der Waals surface area contributed by atoms with Crippen LogP contribution in [0.2, 0.25) is 0 Å². The van der Waals surface area contributed by atoms with E-state index >= 15 is 0 Å². The van der Waals surface area contributed by atoms with E-state index in [-0.39, 0.29) is 0 Å². The van der Waals surface area contributed by atoms with Crippen molar-refractivity contribution >= 4 is 21.5 Å². The monoisotopic (exact) mass is 253 g/mol. The molecule has 0 aliphatic heterocycles. The Kier molecular flexibility index (Phi) is 2.53. The van der Waals surface area contributed by atoms with Gasteiger partial charge in [-0.25, -0.2) is 0 Å². The van der Waals surface area contributed by atoms with Crippen LogP contribution in [0.4, 0.5) is 0 Å². The molecule has 0 N–H and O–H groups in total. The van der Waals surface area contributed by atoms with Gasteiger partial charge in [-0.1, -0.05) is 66.7 Å². The minimum Gasteiger partial charge on any atom is -0.0622 e. The molecular weight excluding hydrogens is 240 g/mol. The summed E-state index contributed by atoms with van der Waals surface area (Å²) in [5.41, 5.74) is 2.45. The van der Waals surface area contributed by atoms with Gasteiger partial charge in [-0.15, -0.1) is 0 Å². The standard InChI is InChI=1S/C20H13/c1-2-6-15(7-3-1)17-12-13-20-18(14-17)11-10-16-8-4-5-9-19(16)20/h1-12,14H. The van der Waals surface area contributed by atoms with Gasteiger partial charge in [0.25, 0.3) is 0 Å². The molecule has 0 heterocycles. The Bertz CT molecular complexity index is 889. The second kappa shape index (κ2) is 4.50. The van der Waals surface area contributed by atoms with Gasteiger partial charge in [-0.2, -0.15) is 0 Å². The molecule has 0 unspecified atom stereocenters. The maximum absolute atomic E-state index is 3.46. The van der Waals surface area contributed by atoms with Crippen LogP contribution in [0.5, 0.6) is 0 Å². The molecule has 0 amide bonds. The molecule has 93 valence electrons. The molecule has 0 bridgehead atoms. The van der Waals surface area contributed by atoms with Gasteiger partial charge in [0, 0.05) is 0 Å². The lowest BCUT2D eigenvalue weighted by molar-refractivity contribution is 1.64. The van der Waals surface area contributed by atoms with Gasteiger partial charge in [0.05, 0.1) is 0 Å².